The molecular weight excluding hydrogens is 255 g/mol. The van der Waals surface area contributed by atoms with Crippen molar-refractivity contribution in [2.75, 3.05) is 19.0 Å². The van der Waals surface area contributed by atoms with Crippen LogP contribution < -0.4 is 10.1 Å². The van der Waals surface area contributed by atoms with Gasteiger partial charge in [0.15, 0.2) is 11.6 Å². The largest absolute Gasteiger partial charge is 0.494 e. The minimum Gasteiger partial charge on any atom is -0.494 e. The second-order valence-corrected chi connectivity index (χ2v) is 4.84. The Morgan fingerprint density at radius 3 is 2.65 bits per heavy atom. The minimum atomic E-state index is -0.375. The molecule has 2 aromatic rings. The van der Waals surface area contributed by atoms with Crippen molar-refractivity contribution in [3.63, 3.8) is 0 Å². The Balaban J connectivity index is 2.71. The van der Waals surface area contributed by atoms with Crippen LogP contribution in [-0.4, -0.2) is 18.6 Å². The number of hydrogen-bond donors (Lipinski definition) is 1. The number of ether oxygens (including phenoxy) is 1. The van der Waals surface area contributed by atoms with Crippen LogP contribution in [0.1, 0.15) is 31.5 Å². The Morgan fingerprint density at radius 2 is 2.05 bits per heavy atom. The van der Waals surface area contributed by atoms with E-state index in [0.29, 0.717) is 5.52 Å². The average Bonchev–Trinajstić information content (AvgIpc) is 2.45. The fraction of sp³-hybridized carbons (Fsp3) is 0.438. The molecule has 0 aliphatic heterocycles. The normalized spacial score (nSPS) is 10.8. The van der Waals surface area contributed by atoms with E-state index in [2.05, 4.69) is 31.1 Å². The average molecular weight is 276 g/mol. The van der Waals surface area contributed by atoms with Crippen molar-refractivity contribution in [1.82, 2.24) is 4.98 Å². The molecule has 4 heteroatoms. The fourth-order valence-corrected chi connectivity index (χ4v) is 2.39. The summed E-state index contributed by atoms with van der Waals surface area (Å²) in [7, 11) is 1.48. The van der Waals surface area contributed by atoms with Gasteiger partial charge >= 0.3 is 0 Å². The van der Waals surface area contributed by atoms with Crippen LogP contribution in [0.15, 0.2) is 12.1 Å². The number of halogens is 1. The monoisotopic (exact) mass is 276 g/mol. The van der Waals surface area contributed by atoms with Gasteiger partial charge in [-0.15, -0.1) is 0 Å². The van der Waals surface area contributed by atoms with E-state index in [9.17, 15) is 4.39 Å². The number of nitrogens with zero attached hydrogens (tertiary/aromatic N) is 1. The minimum absolute atomic E-state index is 0.252. The summed E-state index contributed by atoms with van der Waals surface area (Å²) in [6, 6.07) is 3.17. The zero-order chi connectivity index (χ0) is 14.7. The predicted molar refractivity (Wildman–Crippen MR) is 81.1 cm³/mol. The lowest BCUT2D eigenvalue weighted by atomic mass is 10.0. The molecule has 1 heterocycles. The first-order valence-corrected chi connectivity index (χ1v) is 7.02. The number of hydrogen-bond acceptors (Lipinski definition) is 3. The van der Waals surface area contributed by atoms with E-state index < -0.39 is 0 Å². The van der Waals surface area contributed by atoms with E-state index in [1.54, 1.807) is 6.07 Å². The molecule has 3 nitrogen and oxygen atoms in total. The molecule has 0 fully saturated rings. The Bertz CT molecular complexity index is 626. The summed E-state index contributed by atoms with van der Waals surface area (Å²) in [5.41, 5.74) is 3.83. The molecule has 0 atom stereocenters. The van der Waals surface area contributed by atoms with Gasteiger partial charge in [-0.05, 0) is 31.4 Å². The molecule has 20 heavy (non-hydrogen) atoms. The lowest BCUT2D eigenvalue weighted by Crippen LogP contribution is -2.06. The summed E-state index contributed by atoms with van der Waals surface area (Å²) in [5.74, 6) is -0.123. The Labute approximate surface area is 119 Å². The van der Waals surface area contributed by atoms with Crippen molar-refractivity contribution in [2.24, 2.45) is 0 Å². The quantitative estimate of drug-likeness (QED) is 0.893. The molecule has 108 valence electrons. The highest BCUT2D eigenvalue weighted by Crippen LogP contribution is 2.32. The molecule has 0 unspecified atom stereocenters. The van der Waals surface area contributed by atoms with Gasteiger partial charge in [-0.2, -0.15) is 0 Å². The second-order valence-electron chi connectivity index (χ2n) is 4.84. The van der Waals surface area contributed by atoms with Gasteiger partial charge in [0.2, 0.25) is 0 Å². The Kier molecular flexibility index (Phi) is 4.42. The van der Waals surface area contributed by atoms with Crippen LogP contribution in [0.5, 0.6) is 5.75 Å². The molecule has 0 aliphatic rings. The third kappa shape index (κ3) is 2.55. The molecule has 1 N–H and O–H groups in total. The second kappa shape index (κ2) is 6.07. The Hall–Kier alpha value is -1.84. The van der Waals surface area contributed by atoms with Crippen molar-refractivity contribution in [3.05, 3.63) is 29.2 Å². The van der Waals surface area contributed by atoms with Crippen LogP contribution in [0.25, 0.3) is 10.9 Å². The Morgan fingerprint density at radius 1 is 1.30 bits per heavy atom. The highest BCUT2D eigenvalue weighted by Gasteiger charge is 2.14. The van der Waals surface area contributed by atoms with E-state index in [1.165, 1.54) is 13.2 Å². The maximum absolute atomic E-state index is 13.9. The maximum Gasteiger partial charge on any atom is 0.167 e. The van der Waals surface area contributed by atoms with Gasteiger partial charge in [-0.3, -0.25) is 4.98 Å². The molecule has 1 aromatic heterocycles. The summed E-state index contributed by atoms with van der Waals surface area (Å²) >= 11 is 0. The predicted octanol–water partition coefficient (Wildman–Crippen LogP) is 4.08. The number of aryl methyl sites for hydroxylation is 1. The van der Waals surface area contributed by atoms with Gasteiger partial charge < -0.3 is 10.1 Å². The number of anilines is 1. The molecule has 0 amide bonds. The molecule has 0 bridgehead atoms. The molecule has 2 rings (SSSR count). The molecule has 1 aromatic carbocycles. The fourth-order valence-electron chi connectivity index (χ4n) is 2.39. The van der Waals surface area contributed by atoms with Crippen molar-refractivity contribution in [1.29, 1.82) is 0 Å². The van der Waals surface area contributed by atoms with Gasteiger partial charge in [-0.1, -0.05) is 13.8 Å². The zero-order valence-corrected chi connectivity index (χ0v) is 12.5. The lowest BCUT2D eigenvalue weighted by molar-refractivity contribution is 0.387. The number of benzene rings is 1. The highest BCUT2D eigenvalue weighted by molar-refractivity contribution is 5.94. The first kappa shape index (κ1) is 14.6. The molecule has 0 spiro atoms. The topological polar surface area (TPSA) is 34.2 Å². The van der Waals surface area contributed by atoms with E-state index >= 15 is 0 Å². The van der Waals surface area contributed by atoms with Crippen LogP contribution in [-0.2, 0) is 6.42 Å². The zero-order valence-electron chi connectivity index (χ0n) is 12.5. The third-order valence-electron chi connectivity index (χ3n) is 3.49. The summed E-state index contributed by atoms with van der Waals surface area (Å²) in [6.45, 7) is 7.11. The van der Waals surface area contributed by atoms with Gasteiger partial charge in [0.25, 0.3) is 0 Å². The van der Waals surface area contributed by atoms with E-state index in [0.717, 1.165) is 41.7 Å². The number of rotatable bonds is 5. The number of pyridine rings is 1. The van der Waals surface area contributed by atoms with Gasteiger partial charge in [-0.25, -0.2) is 4.39 Å². The smallest absolute Gasteiger partial charge is 0.167 e. The molecular formula is C16H21FN2O. The number of methoxy groups -OCH3 is 1. The van der Waals surface area contributed by atoms with Crippen molar-refractivity contribution in [2.45, 2.75) is 33.6 Å². The van der Waals surface area contributed by atoms with Crippen LogP contribution in [0.3, 0.4) is 0 Å². The van der Waals surface area contributed by atoms with Crippen LogP contribution in [0.4, 0.5) is 10.1 Å². The summed E-state index contributed by atoms with van der Waals surface area (Å²) in [5, 5.41) is 4.34. The number of aromatic nitrogens is 1. The summed E-state index contributed by atoms with van der Waals surface area (Å²) < 4.78 is 18.9. The van der Waals surface area contributed by atoms with E-state index in [-0.39, 0.29) is 11.6 Å². The summed E-state index contributed by atoms with van der Waals surface area (Å²) in [4.78, 5) is 4.56. The van der Waals surface area contributed by atoms with Gasteiger partial charge in [0.05, 0.1) is 12.6 Å². The van der Waals surface area contributed by atoms with Crippen molar-refractivity contribution >= 4 is 16.6 Å². The maximum atomic E-state index is 13.9. The first-order valence-electron chi connectivity index (χ1n) is 7.02. The van der Waals surface area contributed by atoms with Crippen molar-refractivity contribution in [3.8, 4) is 5.75 Å². The third-order valence-corrected chi connectivity index (χ3v) is 3.49. The molecule has 0 aliphatic carbocycles. The van der Waals surface area contributed by atoms with Crippen LogP contribution >= 0.6 is 0 Å². The summed E-state index contributed by atoms with van der Waals surface area (Å²) in [6.07, 6.45) is 1.86. The number of nitrogens with one attached hydrogen (secondary N) is 1. The first-order chi connectivity index (χ1) is 9.62. The number of fused-ring (bicyclic) bond motifs is 1. The van der Waals surface area contributed by atoms with Crippen LogP contribution in [0, 0.1) is 12.7 Å². The molecule has 0 radical (unpaired) electrons. The van der Waals surface area contributed by atoms with Gasteiger partial charge in [0, 0.05) is 29.4 Å². The standard InChI is InChI=1S/C16H21FN2O/c1-5-7-18-16-10(3)13(6-2)19-14-9-12(17)15(20-4)8-11(14)16/h8-9H,5-7H2,1-4H3,(H,18,19). The van der Waals surface area contributed by atoms with Crippen LogP contribution in [0.2, 0.25) is 0 Å². The lowest BCUT2D eigenvalue weighted by Gasteiger charge is -2.16. The SMILES string of the molecule is CCCNc1c(C)c(CC)nc2cc(F)c(OC)cc12. The molecule has 0 saturated carbocycles. The van der Waals surface area contributed by atoms with Gasteiger partial charge in [0.1, 0.15) is 0 Å². The van der Waals surface area contributed by atoms with Crippen molar-refractivity contribution < 1.29 is 9.13 Å². The highest BCUT2D eigenvalue weighted by atomic mass is 19.1. The molecule has 0 saturated heterocycles. The van der Waals surface area contributed by atoms with E-state index in [1.807, 2.05) is 0 Å². The van der Waals surface area contributed by atoms with E-state index in [4.69, 9.17) is 4.74 Å².